The molecule has 0 saturated carbocycles. The van der Waals surface area contributed by atoms with Gasteiger partial charge in [0.05, 0.1) is 16.3 Å². The van der Waals surface area contributed by atoms with E-state index in [1.54, 1.807) is 6.07 Å². The molecule has 2 N–H and O–H groups in total. The highest BCUT2D eigenvalue weighted by molar-refractivity contribution is 7.93. The molecular weight excluding hydrogens is 331 g/mol. The van der Waals surface area contributed by atoms with Crippen molar-refractivity contribution < 1.29 is 17.6 Å². The molecule has 0 unspecified atom stereocenters. The average molecular weight is 343 g/mol. The molecule has 0 fully saturated rings. The van der Waals surface area contributed by atoms with Crippen molar-refractivity contribution in [1.29, 1.82) is 0 Å². The number of amides is 1. The Bertz CT molecular complexity index is 819. The number of nitrogens with two attached hydrogens (primary N) is 1. The second kappa shape index (κ2) is 5.94. The Kier molecular flexibility index (Phi) is 4.39. The van der Waals surface area contributed by atoms with Gasteiger partial charge in [0.2, 0.25) is 0 Å². The smallest absolute Gasteiger partial charge is 0.268 e. The maximum atomic E-state index is 13.9. The lowest BCUT2D eigenvalue weighted by molar-refractivity contribution is 0.100. The number of hydrogen-bond acceptors (Lipinski definition) is 3. The zero-order valence-electron chi connectivity index (χ0n) is 11.5. The fraction of sp³-hybridized carbons (Fsp3) is 0.0714. The van der Waals surface area contributed by atoms with Gasteiger partial charge in [0.1, 0.15) is 10.7 Å². The van der Waals surface area contributed by atoms with Crippen LogP contribution in [-0.4, -0.2) is 21.4 Å². The summed E-state index contributed by atoms with van der Waals surface area (Å²) in [5, 5.41) is -0.247. The highest BCUT2D eigenvalue weighted by atomic mass is 35.5. The van der Waals surface area contributed by atoms with Crippen molar-refractivity contribution in [3.63, 3.8) is 0 Å². The van der Waals surface area contributed by atoms with Gasteiger partial charge < -0.3 is 5.73 Å². The Hall–Kier alpha value is -2.12. The number of anilines is 1. The van der Waals surface area contributed by atoms with Gasteiger partial charge in [-0.05, 0) is 24.3 Å². The molecule has 8 heteroatoms. The van der Waals surface area contributed by atoms with Crippen LogP contribution in [-0.2, 0) is 10.0 Å². The Morgan fingerprint density at radius 1 is 1.18 bits per heavy atom. The summed E-state index contributed by atoms with van der Waals surface area (Å²) in [6.07, 6.45) is 0. The molecule has 0 spiro atoms. The van der Waals surface area contributed by atoms with E-state index >= 15 is 0 Å². The summed E-state index contributed by atoms with van der Waals surface area (Å²) in [4.78, 5) is 10.8. The number of para-hydroxylation sites is 1. The van der Waals surface area contributed by atoms with E-state index in [1.807, 2.05) is 0 Å². The van der Waals surface area contributed by atoms with Gasteiger partial charge in [0, 0.05) is 7.05 Å². The molecular formula is C14H12ClFN2O3S. The van der Waals surface area contributed by atoms with E-state index in [1.165, 1.54) is 37.4 Å². The number of hydrogen-bond donors (Lipinski definition) is 1. The number of benzene rings is 2. The molecule has 0 aliphatic rings. The lowest BCUT2D eigenvalue weighted by Crippen LogP contribution is -2.30. The van der Waals surface area contributed by atoms with E-state index in [9.17, 15) is 17.6 Å². The molecule has 1 amide bonds. The molecule has 0 aliphatic carbocycles. The maximum absolute atomic E-state index is 13.9. The third kappa shape index (κ3) is 2.77. The number of carbonyl (C=O) groups is 1. The number of rotatable bonds is 4. The van der Waals surface area contributed by atoms with Crippen LogP contribution in [0.3, 0.4) is 0 Å². The Labute approximate surface area is 132 Å². The number of halogens is 2. The minimum atomic E-state index is -4.29. The van der Waals surface area contributed by atoms with Crippen LogP contribution in [0.4, 0.5) is 10.1 Å². The van der Waals surface area contributed by atoms with E-state index in [0.29, 0.717) is 0 Å². The molecule has 0 aliphatic heterocycles. The van der Waals surface area contributed by atoms with Crippen molar-refractivity contribution >= 4 is 33.2 Å². The van der Waals surface area contributed by atoms with Gasteiger partial charge in [-0.25, -0.2) is 12.8 Å². The third-order valence-corrected chi connectivity index (χ3v) is 5.32. The molecule has 2 rings (SSSR count). The molecule has 22 heavy (non-hydrogen) atoms. The topological polar surface area (TPSA) is 80.5 Å². The summed E-state index contributed by atoms with van der Waals surface area (Å²) >= 11 is 5.81. The minimum absolute atomic E-state index is 0.000960. The van der Waals surface area contributed by atoms with Gasteiger partial charge in [-0.15, -0.1) is 0 Å². The summed E-state index contributed by atoms with van der Waals surface area (Å²) in [6.45, 7) is 0. The van der Waals surface area contributed by atoms with Crippen LogP contribution in [0.1, 0.15) is 10.4 Å². The first-order chi connectivity index (χ1) is 10.3. The molecule has 0 saturated heterocycles. The van der Waals surface area contributed by atoms with Crippen LogP contribution in [0.5, 0.6) is 0 Å². The second-order valence-corrected chi connectivity index (χ2v) is 6.72. The summed E-state index contributed by atoms with van der Waals surface area (Å²) in [6, 6.07) is 9.42. The predicted octanol–water partition coefficient (Wildman–Crippen LogP) is 2.40. The number of carbonyl (C=O) groups excluding carboxylic acids is 1. The molecule has 2 aromatic carbocycles. The molecule has 2 aromatic rings. The fourth-order valence-electron chi connectivity index (χ4n) is 1.95. The van der Waals surface area contributed by atoms with Crippen LogP contribution in [0.25, 0.3) is 0 Å². The number of nitrogens with zero attached hydrogens (tertiary/aromatic N) is 1. The molecule has 0 atom stereocenters. The molecule has 0 aromatic heterocycles. The zero-order chi connectivity index (χ0) is 16.5. The standard InChI is InChI=1S/C14H12ClFN2O3S/c1-18(12-8-3-2-5-9(12)14(17)19)22(20,21)13-10(15)6-4-7-11(13)16/h2-8H,1H3,(H2,17,19). The molecule has 0 bridgehead atoms. The van der Waals surface area contributed by atoms with E-state index < -0.39 is 26.6 Å². The maximum Gasteiger partial charge on any atom is 0.268 e. The van der Waals surface area contributed by atoms with Gasteiger partial charge >= 0.3 is 0 Å². The van der Waals surface area contributed by atoms with Crippen molar-refractivity contribution in [2.45, 2.75) is 4.90 Å². The van der Waals surface area contributed by atoms with E-state index in [4.69, 9.17) is 17.3 Å². The van der Waals surface area contributed by atoms with Crippen molar-refractivity contribution in [1.82, 2.24) is 0 Å². The lowest BCUT2D eigenvalue weighted by atomic mass is 10.2. The first-order valence-corrected chi connectivity index (χ1v) is 7.90. The summed E-state index contributed by atoms with van der Waals surface area (Å²) in [5.74, 6) is -1.77. The van der Waals surface area contributed by atoms with Gasteiger partial charge in [-0.2, -0.15) is 0 Å². The molecule has 0 radical (unpaired) electrons. The Morgan fingerprint density at radius 3 is 2.41 bits per heavy atom. The largest absolute Gasteiger partial charge is 0.366 e. The number of primary amides is 1. The molecule has 0 heterocycles. The van der Waals surface area contributed by atoms with E-state index in [0.717, 1.165) is 10.4 Å². The third-order valence-electron chi connectivity index (χ3n) is 3.05. The Balaban J connectivity index is 2.63. The van der Waals surface area contributed by atoms with Gasteiger partial charge in [0.15, 0.2) is 0 Å². The van der Waals surface area contributed by atoms with Crippen molar-refractivity contribution in [3.8, 4) is 0 Å². The van der Waals surface area contributed by atoms with Crippen LogP contribution in [0.2, 0.25) is 5.02 Å². The van der Waals surface area contributed by atoms with Crippen LogP contribution in [0.15, 0.2) is 47.4 Å². The van der Waals surface area contributed by atoms with Crippen LogP contribution >= 0.6 is 11.6 Å². The van der Waals surface area contributed by atoms with Crippen molar-refractivity contribution in [3.05, 3.63) is 58.9 Å². The van der Waals surface area contributed by atoms with Crippen molar-refractivity contribution in [2.24, 2.45) is 5.73 Å². The van der Waals surface area contributed by atoms with Gasteiger partial charge in [-0.3, -0.25) is 9.10 Å². The molecule has 5 nitrogen and oxygen atoms in total. The SMILES string of the molecule is CN(c1ccccc1C(N)=O)S(=O)(=O)c1c(F)cccc1Cl. The normalized spacial score (nSPS) is 11.2. The van der Waals surface area contributed by atoms with Gasteiger partial charge in [0.25, 0.3) is 15.9 Å². The minimum Gasteiger partial charge on any atom is -0.366 e. The monoisotopic (exact) mass is 342 g/mol. The summed E-state index contributed by atoms with van der Waals surface area (Å²) < 4.78 is 39.9. The lowest BCUT2D eigenvalue weighted by Gasteiger charge is -2.22. The van der Waals surface area contributed by atoms with Crippen molar-refractivity contribution in [2.75, 3.05) is 11.4 Å². The highest BCUT2D eigenvalue weighted by Crippen LogP contribution is 2.30. The van der Waals surface area contributed by atoms with E-state index in [2.05, 4.69) is 0 Å². The average Bonchev–Trinajstić information content (AvgIpc) is 2.46. The molecule has 116 valence electrons. The van der Waals surface area contributed by atoms with Crippen LogP contribution in [0, 0.1) is 5.82 Å². The van der Waals surface area contributed by atoms with E-state index in [-0.39, 0.29) is 16.3 Å². The Morgan fingerprint density at radius 2 is 1.82 bits per heavy atom. The number of sulfonamides is 1. The fourth-order valence-corrected chi connectivity index (χ4v) is 3.73. The first kappa shape index (κ1) is 16.3. The van der Waals surface area contributed by atoms with Crippen LogP contribution < -0.4 is 10.0 Å². The second-order valence-electron chi connectivity index (χ2n) is 4.40. The zero-order valence-corrected chi connectivity index (χ0v) is 13.0. The summed E-state index contributed by atoms with van der Waals surface area (Å²) in [7, 11) is -3.10. The summed E-state index contributed by atoms with van der Waals surface area (Å²) in [5.41, 5.74) is 5.27. The quantitative estimate of drug-likeness (QED) is 0.926. The van der Waals surface area contributed by atoms with Gasteiger partial charge in [-0.1, -0.05) is 29.8 Å². The highest BCUT2D eigenvalue weighted by Gasteiger charge is 2.29. The predicted molar refractivity (Wildman–Crippen MR) is 82.0 cm³/mol. The first-order valence-electron chi connectivity index (χ1n) is 6.08.